The van der Waals surface area contributed by atoms with Crippen LogP contribution in [0.25, 0.3) is 0 Å². The molecule has 1 aliphatic carbocycles. The van der Waals surface area contributed by atoms with Gasteiger partial charge in [0.2, 0.25) is 0 Å². The fraction of sp³-hybridized carbons (Fsp3) is 0.647. The van der Waals surface area contributed by atoms with Gasteiger partial charge in [-0.2, -0.15) is 0 Å². The second kappa shape index (κ2) is 7.33. The first kappa shape index (κ1) is 15.7. The minimum atomic E-state index is 0.674. The number of nitrogens with zero attached hydrogens (tertiary/aromatic N) is 1. The van der Waals surface area contributed by atoms with E-state index >= 15 is 0 Å². The summed E-state index contributed by atoms with van der Waals surface area (Å²) in [4.78, 5) is 2.52. The number of nitrogens with one attached hydrogen (secondary N) is 1. The summed E-state index contributed by atoms with van der Waals surface area (Å²) in [5.74, 6) is 0.674. The van der Waals surface area contributed by atoms with Gasteiger partial charge in [0.05, 0.1) is 10.7 Å². The van der Waals surface area contributed by atoms with Gasteiger partial charge >= 0.3 is 0 Å². The first-order chi connectivity index (χ1) is 9.63. The van der Waals surface area contributed by atoms with Crippen LogP contribution in [0.4, 0.5) is 5.69 Å². The lowest BCUT2D eigenvalue weighted by atomic mass is 10.1. The molecule has 0 heterocycles. The van der Waals surface area contributed by atoms with Crippen LogP contribution in [0.2, 0.25) is 5.02 Å². The minimum absolute atomic E-state index is 0.674. The van der Waals surface area contributed by atoms with Crippen LogP contribution in [0.3, 0.4) is 0 Å². The second-order valence-electron chi connectivity index (χ2n) is 6.20. The van der Waals surface area contributed by atoms with Crippen LogP contribution >= 0.6 is 11.6 Å². The van der Waals surface area contributed by atoms with Gasteiger partial charge in [-0.1, -0.05) is 44.5 Å². The molecule has 0 amide bonds. The molecule has 1 saturated carbocycles. The lowest BCUT2D eigenvalue weighted by molar-refractivity contribution is 0.551. The van der Waals surface area contributed by atoms with Gasteiger partial charge in [-0.15, -0.1) is 0 Å². The van der Waals surface area contributed by atoms with Crippen LogP contribution in [0.15, 0.2) is 18.2 Å². The third-order valence-corrected chi connectivity index (χ3v) is 3.98. The van der Waals surface area contributed by atoms with Crippen molar-refractivity contribution in [3.63, 3.8) is 0 Å². The molecule has 112 valence electrons. The van der Waals surface area contributed by atoms with E-state index in [9.17, 15) is 0 Å². The highest BCUT2D eigenvalue weighted by molar-refractivity contribution is 6.33. The third kappa shape index (κ3) is 4.13. The minimum Gasteiger partial charge on any atom is -0.367 e. The first-order valence-corrected chi connectivity index (χ1v) is 8.26. The Morgan fingerprint density at radius 2 is 2.10 bits per heavy atom. The number of halogens is 1. The van der Waals surface area contributed by atoms with E-state index in [4.69, 9.17) is 11.6 Å². The molecule has 0 spiro atoms. The van der Waals surface area contributed by atoms with E-state index in [0.29, 0.717) is 12.0 Å². The molecule has 2 rings (SSSR count). The molecule has 0 atom stereocenters. The zero-order valence-corrected chi connectivity index (χ0v) is 13.7. The van der Waals surface area contributed by atoms with Crippen LogP contribution in [-0.4, -0.2) is 19.1 Å². The molecule has 1 aromatic rings. The maximum atomic E-state index is 6.50. The molecular weight excluding hydrogens is 268 g/mol. The Morgan fingerprint density at radius 3 is 2.70 bits per heavy atom. The summed E-state index contributed by atoms with van der Waals surface area (Å²) in [6.07, 6.45) is 3.79. The van der Waals surface area contributed by atoms with Crippen molar-refractivity contribution in [1.29, 1.82) is 0 Å². The molecule has 0 radical (unpaired) electrons. The molecule has 0 aliphatic heterocycles. The fourth-order valence-corrected chi connectivity index (χ4v) is 2.93. The Bertz CT molecular complexity index is 427. The largest absolute Gasteiger partial charge is 0.367 e. The maximum absolute atomic E-state index is 6.50. The third-order valence-electron chi connectivity index (χ3n) is 3.68. The van der Waals surface area contributed by atoms with E-state index in [2.05, 4.69) is 43.1 Å². The summed E-state index contributed by atoms with van der Waals surface area (Å²) < 4.78 is 0. The average molecular weight is 295 g/mol. The van der Waals surface area contributed by atoms with Crippen LogP contribution in [0.5, 0.6) is 0 Å². The van der Waals surface area contributed by atoms with Crippen molar-refractivity contribution < 1.29 is 0 Å². The predicted octanol–water partition coefficient (Wildman–Crippen LogP) is 4.46. The molecule has 0 bridgehead atoms. The number of hydrogen-bond acceptors (Lipinski definition) is 2. The number of benzene rings is 1. The Hall–Kier alpha value is -0.730. The van der Waals surface area contributed by atoms with Gasteiger partial charge in [0.15, 0.2) is 0 Å². The van der Waals surface area contributed by atoms with E-state index < -0.39 is 0 Å². The Kier molecular flexibility index (Phi) is 5.74. The Morgan fingerprint density at radius 1 is 1.35 bits per heavy atom. The number of hydrogen-bond donors (Lipinski definition) is 1. The van der Waals surface area contributed by atoms with Gasteiger partial charge < -0.3 is 10.2 Å². The summed E-state index contributed by atoms with van der Waals surface area (Å²) in [7, 11) is 0. The van der Waals surface area contributed by atoms with Gasteiger partial charge in [-0.25, -0.2) is 0 Å². The molecule has 1 fully saturated rings. The lowest BCUT2D eigenvalue weighted by Crippen LogP contribution is -2.29. The smallest absolute Gasteiger partial charge is 0.0643 e. The summed E-state index contributed by atoms with van der Waals surface area (Å²) in [5.41, 5.74) is 2.59. The lowest BCUT2D eigenvalue weighted by Gasteiger charge is -2.28. The van der Waals surface area contributed by atoms with Crippen LogP contribution < -0.4 is 10.2 Å². The normalized spacial score (nSPS) is 14.8. The molecule has 0 unspecified atom stereocenters. The molecule has 1 aliphatic rings. The van der Waals surface area contributed by atoms with E-state index in [1.165, 1.54) is 30.5 Å². The summed E-state index contributed by atoms with van der Waals surface area (Å²) in [6, 6.07) is 7.00. The standard InChI is InChI=1S/C17H27ClN2/c1-4-10-20(15-8-9-15)17-14(6-5-7-16(17)18)12-19-11-13(2)3/h5-7,13,15,19H,4,8-12H2,1-3H3. The van der Waals surface area contributed by atoms with E-state index in [1.54, 1.807) is 0 Å². The molecule has 0 aromatic heterocycles. The molecular formula is C17H27ClN2. The van der Waals surface area contributed by atoms with Gasteiger partial charge in [0, 0.05) is 19.1 Å². The van der Waals surface area contributed by atoms with Gasteiger partial charge in [0.1, 0.15) is 0 Å². The van der Waals surface area contributed by atoms with Gasteiger partial charge in [-0.05, 0) is 43.4 Å². The van der Waals surface area contributed by atoms with Crippen LogP contribution in [-0.2, 0) is 6.54 Å². The van der Waals surface area contributed by atoms with E-state index in [-0.39, 0.29) is 0 Å². The quantitative estimate of drug-likeness (QED) is 0.761. The molecule has 1 aromatic carbocycles. The Labute approximate surface area is 128 Å². The molecule has 3 heteroatoms. The van der Waals surface area contributed by atoms with Crippen molar-refractivity contribution in [1.82, 2.24) is 5.32 Å². The highest BCUT2D eigenvalue weighted by atomic mass is 35.5. The van der Waals surface area contributed by atoms with Crippen molar-refractivity contribution in [2.45, 2.75) is 52.6 Å². The SMILES string of the molecule is CCCN(c1c(Cl)cccc1CNCC(C)C)C1CC1. The first-order valence-electron chi connectivity index (χ1n) is 7.88. The molecule has 0 saturated heterocycles. The van der Waals surface area contributed by atoms with Crippen molar-refractivity contribution in [3.8, 4) is 0 Å². The second-order valence-corrected chi connectivity index (χ2v) is 6.60. The van der Waals surface area contributed by atoms with E-state index in [1.807, 2.05) is 6.07 Å². The maximum Gasteiger partial charge on any atom is 0.0643 e. The van der Waals surface area contributed by atoms with Crippen molar-refractivity contribution in [2.75, 3.05) is 18.0 Å². The summed E-state index contributed by atoms with van der Waals surface area (Å²) >= 11 is 6.50. The molecule has 20 heavy (non-hydrogen) atoms. The zero-order chi connectivity index (χ0) is 14.5. The van der Waals surface area contributed by atoms with Gasteiger partial charge in [0.25, 0.3) is 0 Å². The van der Waals surface area contributed by atoms with Crippen LogP contribution in [0, 0.1) is 5.92 Å². The van der Waals surface area contributed by atoms with Crippen LogP contribution in [0.1, 0.15) is 45.6 Å². The van der Waals surface area contributed by atoms with Crippen molar-refractivity contribution in [2.24, 2.45) is 5.92 Å². The van der Waals surface area contributed by atoms with E-state index in [0.717, 1.165) is 24.7 Å². The van der Waals surface area contributed by atoms with Crippen molar-refractivity contribution >= 4 is 17.3 Å². The number of anilines is 1. The molecule has 2 nitrogen and oxygen atoms in total. The number of para-hydroxylation sites is 1. The monoisotopic (exact) mass is 294 g/mol. The highest BCUT2D eigenvalue weighted by Crippen LogP contribution is 2.38. The molecule has 1 N–H and O–H groups in total. The zero-order valence-electron chi connectivity index (χ0n) is 13.0. The van der Waals surface area contributed by atoms with Gasteiger partial charge in [-0.3, -0.25) is 0 Å². The fourth-order valence-electron chi connectivity index (χ4n) is 2.62. The summed E-state index contributed by atoms with van der Waals surface area (Å²) in [6.45, 7) is 9.76. The highest BCUT2D eigenvalue weighted by Gasteiger charge is 2.30. The number of rotatable bonds is 8. The summed E-state index contributed by atoms with van der Waals surface area (Å²) in [5, 5.41) is 4.44. The topological polar surface area (TPSA) is 15.3 Å². The van der Waals surface area contributed by atoms with Crippen molar-refractivity contribution in [3.05, 3.63) is 28.8 Å². The predicted molar refractivity (Wildman–Crippen MR) is 88.7 cm³/mol. The average Bonchev–Trinajstić information content (AvgIpc) is 3.21. The Balaban J connectivity index is 2.16.